The van der Waals surface area contributed by atoms with E-state index in [0.29, 0.717) is 11.3 Å². The van der Waals surface area contributed by atoms with E-state index in [2.05, 4.69) is 9.82 Å². The van der Waals surface area contributed by atoms with Crippen LogP contribution in [-0.2, 0) is 17.1 Å². The van der Waals surface area contributed by atoms with Gasteiger partial charge in [0.25, 0.3) is 10.0 Å². The summed E-state index contributed by atoms with van der Waals surface area (Å²) in [5, 5.41) is 3.88. The lowest BCUT2D eigenvalue weighted by Crippen LogP contribution is -2.12. The molecule has 0 unspecified atom stereocenters. The summed E-state index contributed by atoms with van der Waals surface area (Å²) in [6.45, 7) is 1.43. The van der Waals surface area contributed by atoms with Crippen LogP contribution in [-0.4, -0.2) is 24.0 Å². The fourth-order valence-corrected chi connectivity index (χ4v) is 2.58. The van der Waals surface area contributed by atoms with Gasteiger partial charge in [0.05, 0.1) is 16.8 Å². The van der Waals surface area contributed by atoms with E-state index >= 15 is 0 Å². The summed E-state index contributed by atoms with van der Waals surface area (Å²) in [6.07, 6.45) is 2.98. The average Bonchev–Trinajstić information content (AvgIpc) is 2.74. The molecular formula is C12H13N3O3S. The Bertz CT molecular complexity index is 702. The Balaban J connectivity index is 2.26. The third-order valence-electron chi connectivity index (χ3n) is 2.53. The molecule has 2 aromatic rings. The van der Waals surface area contributed by atoms with Crippen molar-refractivity contribution >= 4 is 21.5 Å². The molecule has 0 aliphatic rings. The second kappa shape index (κ2) is 4.85. The number of hydrogen-bond donors (Lipinski definition) is 1. The number of carbonyl (C=O) groups excluding carboxylic acids is 1. The number of aryl methyl sites for hydroxylation is 1. The number of Topliss-reactive ketones (excluding diaryl/α,β-unsaturated/α-hetero) is 1. The predicted molar refractivity (Wildman–Crippen MR) is 70.5 cm³/mol. The normalized spacial score (nSPS) is 11.3. The topological polar surface area (TPSA) is 81.1 Å². The van der Waals surface area contributed by atoms with Gasteiger partial charge in [0.1, 0.15) is 0 Å². The van der Waals surface area contributed by atoms with Crippen molar-refractivity contribution in [3.05, 3.63) is 42.2 Å². The van der Waals surface area contributed by atoms with Gasteiger partial charge < -0.3 is 0 Å². The first kappa shape index (κ1) is 13.3. The lowest BCUT2D eigenvalue weighted by molar-refractivity contribution is 0.101. The highest BCUT2D eigenvalue weighted by Gasteiger charge is 2.15. The largest absolute Gasteiger partial charge is 0.295 e. The maximum absolute atomic E-state index is 12.1. The van der Waals surface area contributed by atoms with E-state index in [1.807, 2.05) is 0 Å². The monoisotopic (exact) mass is 279 g/mol. The molecule has 0 radical (unpaired) electrons. The summed E-state index contributed by atoms with van der Waals surface area (Å²) < 4.78 is 28.0. The molecule has 2 rings (SSSR count). The molecule has 7 heteroatoms. The van der Waals surface area contributed by atoms with Crippen LogP contribution in [0.1, 0.15) is 17.3 Å². The number of carbonyl (C=O) groups is 1. The van der Waals surface area contributed by atoms with Crippen molar-refractivity contribution in [2.75, 3.05) is 4.72 Å². The number of hydrogen-bond acceptors (Lipinski definition) is 4. The first-order chi connectivity index (χ1) is 8.88. The van der Waals surface area contributed by atoms with E-state index in [1.165, 1.54) is 42.1 Å². The van der Waals surface area contributed by atoms with Gasteiger partial charge in [-0.3, -0.25) is 14.2 Å². The molecule has 0 saturated carbocycles. The number of ketones is 1. The van der Waals surface area contributed by atoms with Crippen LogP contribution in [0.5, 0.6) is 0 Å². The van der Waals surface area contributed by atoms with Crippen LogP contribution in [0.4, 0.5) is 5.69 Å². The zero-order chi connectivity index (χ0) is 14.0. The summed E-state index contributed by atoms with van der Waals surface area (Å²) >= 11 is 0. The summed E-state index contributed by atoms with van der Waals surface area (Å²) in [5.41, 5.74) is 0.860. The van der Waals surface area contributed by atoms with Crippen molar-refractivity contribution in [2.45, 2.75) is 11.8 Å². The Kier molecular flexibility index (Phi) is 3.39. The fourth-order valence-electron chi connectivity index (χ4n) is 1.56. The van der Waals surface area contributed by atoms with E-state index in [-0.39, 0.29) is 10.7 Å². The molecular weight excluding hydrogens is 266 g/mol. The molecule has 0 aliphatic heterocycles. The third-order valence-corrected chi connectivity index (χ3v) is 3.93. The molecule has 0 aliphatic carbocycles. The minimum absolute atomic E-state index is 0.0985. The van der Waals surface area contributed by atoms with Crippen molar-refractivity contribution < 1.29 is 13.2 Å². The molecule has 1 aromatic heterocycles. The van der Waals surface area contributed by atoms with Gasteiger partial charge in [0.15, 0.2) is 5.78 Å². The second-order valence-electron chi connectivity index (χ2n) is 4.09. The first-order valence-electron chi connectivity index (χ1n) is 5.51. The van der Waals surface area contributed by atoms with E-state index in [4.69, 9.17) is 0 Å². The SMILES string of the molecule is CC(=O)c1ccc(S(=O)(=O)Nc2cnn(C)c2)cc1. The molecule has 1 N–H and O–H groups in total. The van der Waals surface area contributed by atoms with Crippen LogP contribution < -0.4 is 4.72 Å². The lowest BCUT2D eigenvalue weighted by atomic mass is 10.2. The molecule has 100 valence electrons. The number of rotatable bonds is 4. The predicted octanol–water partition coefficient (Wildman–Crippen LogP) is 1.42. The summed E-state index contributed by atoms with van der Waals surface area (Å²) in [5.74, 6) is -0.107. The van der Waals surface area contributed by atoms with Crippen molar-refractivity contribution in [2.24, 2.45) is 7.05 Å². The van der Waals surface area contributed by atoms with Crippen LogP contribution in [0.3, 0.4) is 0 Å². The standard InChI is InChI=1S/C12H13N3O3S/c1-9(16)10-3-5-12(6-4-10)19(17,18)14-11-7-13-15(2)8-11/h3-8,14H,1-2H3. The van der Waals surface area contributed by atoms with Gasteiger partial charge in [0.2, 0.25) is 0 Å². The second-order valence-corrected chi connectivity index (χ2v) is 5.77. The van der Waals surface area contributed by atoms with Gasteiger partial charge in [-0.2, -0.15) is 5.10 Å². The van der Waals surface area contributed by atoms with Gasteiger partial charge in [-0.25, -0.2) is 8.42 Å². The zero-order valence-electron chi connectivity index (χ0n) is 10.5. The lowest BCUT2D eigenvalue weighted by Gasteiger charge is -2.06. The van der Waals surface area contributed by atoms with Gasteiger partial charge in [0, 0.05) is 18.8 Å². The van der Waals surface area contributed by atoms with Crippen LogP contribution >= 0.6 is 0 Å². The van der Waals surface area contributed by atoms with E-state index < -0.39 is 10.0 Å². The molecule has 0 spiro atoms. The maximum Gasteiger partial charge on any atom is 0.261 e. The minimum Gasteiger partial charge on any atom is -0.295 e. The van der Waals surface area contributed by atoms with Crippen molar-refractivity contribution in [3.8, 4) is 0 Å². The van der Waals surface area contributed by atoms with Crippen molar-refractivity contribution in [3.63, 3.8) is 0 Å². The maximum atomic E-state index is 12.1. The molecule has 0 amide bonds. The summed E-state index contributed by atoms with van der Waals surface area (Å²) in [7, 11) is -1.96. The quantitative estimate of drug-likeness (QED) is 0.858. The number of anilines is 1. The highest BCUT2D eigenvalue weighted by Crippen LogP contribution is 2.16. The van der Waals surface area contributed by atoms with Crippen LogP contribution in [0.25, 0.3) is 0 Å². The molecule has 19 heavy (non-hydrogen) atoms. The Hall–Kier alpha value is -2.15. The number of aromatic nitrogens is 2. The highest BCUT2D eigenvalue weighted by molar-refractivity contribution is 7.92. The highest BCUT2D eigenvalue weighted by atomic mass is 32.2. The van der Waals surface area contributed by atoms with E-state index in [9.17, 15) is 13.2 Å². The van der Waals surface area contributed by atoms with Gasteiger partial charge >= 0.3 is 0 Å². The van der Waals surface area contributed by atoms with Gasteiger partial charge in [-0.1, -0.05) is 12.1 Å². The third kappa shape index (κ3) is 3.00. The average molecular weight is 279 g/mol. The minimum atomic E-state index is -3.66. The Morgan fingerprint density at radius 1 is 1.26 bits per heavy atom. The molecule has 0 bridgehead atoms. The van der Waals surface area contributed by atoms with Crippen molar-refractivity contribution in [1.82, 2.24) is 9.78 Å². The van der Waals surface area contributed by atoms with E-state index in [0.717, 1.165) is 0 Å². The molecule has 1 aromatic carbocycles. The van der Waals surface area contributed by atoms with E-state index in [1.54, 1.807) is 13.2 Å². The Morgan fingerprint density at radius 2 is 1.89 bits per heavy atom. The van der Waals surface area contributed by atoms with Crippen molar-refractivity contribution in [1.29, 1.82) is 0 Å². The van der Waals surface area contributed by atoms with Crippen LogP contribution in [0.15, 0.2) is 41.6 Å². The number of nitrogens with one attached hydrogen (secondary N) is 1. The molecule has 0 saturated heterocycles. The molecule has 0 fully saturated rings. The number of sulfonamides is 1. The van der Waals surface area contributed by atoms with Gasteiger partial charge in [-0.05, 0) is 19.1 Å². The summed E-state index contributed by atoms with van der Waals surface area (Å²) in [6, 6.07) is 5.77. The summed E-state index contributed by atoms with van der Waals surface area (Å²) in [4.78, 5) is 11.2. The van der Waals surface area contributed by atoms with Crippen LogP contribution in [0, 0.1) is 0 Å². The molecule has 0 atom stereocenters. The van der Waals surface area contributed by atoms with Crippen LogP contribution in [0.2, 0.25) is 0 Å². The number of benzene rings is 1. The molecule has 1 heterocycles. The smallest absolute Gasteiger partial charge is 0.261 e. The first-order valence-corrected chi connectivity index (χ1v) is 6.99. The number of nitrogens with zero attached hydrogens (tertiary/aromatic N) is 2. The Morgan fingerprint density at radius 3 is 2.37 bits per heavy atom. The Labute approximate surface area is 111 Å². The molecule has 6 nitrogen and oxygen atoms in total. The van der Waals surface area contributed by atoms with Gasteiger partial charge in [-0.15, -0.1) is 0 Å². The zero-order valence-corrected chi connectivity index (χ0v) is 11.3. The fraction of sp³-hybridized carbons (Fsp3) is 0.167.